The second kappa shape index (κ2) is 25.6. The second-order valence-corrected chi connectivity index (χ2v) is 31.8. The van der Waals surface area contributed by atoms with Gasteiger partial charge in [0.05, 0.1) is 35.4 Å². The predicted molar refractivity (Wildman–Crippen MR) is 308 cm³/mol. The zero-order valence-corrected chi connectivity index (χ0v) is 49.8. The highest BCUT2D eigenvalue weighted by molar-refractivity contribution is 6.74. The molecule has 16 nitrogen and oxygen atoms in total. The van der Waals surface area contributed by atoms with Gasteiger partial charge in [-0.15, -0.1) is 20.4 Å². The first-order valence-electron chi connectivity index (χ1n) is 24.1. The minimum atomic E-state index is -2.13. The van der Waals surface area contributed by atoms with E-state index in [2.05, 4.69) is 125 Å². The number of rotatable bonds is 15. The van der Waals surface area contributed by atoms with Gasteiger partial charge in [-0.25, -0.2) is 9.69 Å². The molecule has 0 radical (unpaired) electrons. The number of anilines is 4. The first kappa shape index (κ1) is 61.5. The number of nitrogens with two attached hydrogens (primary N) is 1. The van der Waals surface area contributed by atoms with Gasteiger partial charge < -0.3 is 39.4 Å². The number of carbonyl (C=O) groups is 2. The van der Waals surface area contributed by atoms with Crippen molar-refractivity contribution in [3.8, 4) is 22.9 Å². The van der Waals surface area contributed by atoms with Crippen LogP contribution < -0.4 is 21.7 Å². The Kier molecular flexibility index (Phi) is 21.0. The summed E-state index contributed by atoms with van der Waals surface area (Å²) in [5.74, 6) is 1.39. The van der Waals surface area contributed by atoms with Crippen LogP contribution in [-0.4, -0.2) is 60.4 Å². The Morgan fingerprint density at radius 1 is 0.640 bits per heavy atom. The minimum absolute atomic E-state index is 0.0119. The number of halogens is 3. The largest absolute Gasteiger partial charge is 0.418 e. The van der Waals surface area contributed by atoms with Crippen molar-refractivity contribution in [2.24, 2.45) is 0 Å². The molecule has 0 unspecified atom stereocenters. The summed E-state index contributed by atoms with van der Waals surface area (Å²) in [5.41, 5.74) is 12.5. The van der Waals surface area contributed by atoms with E-state index in [0.29, 0.717) is 56.4 Å². The van der Waals surface area contributed by atoms with E-state index in [1.165, 1.54) is 13.8 Å². The summed E-state index contributed by atoms with van der Waals surface area (Å²) < 4.78 is 25.6. The quantitative estimate of drug-likeness (QED) is 0.0328. The van der Waals surface area contributed by atoms with Gasteiger partial charge in [-0.1, -0.05) is 76.9 Å². The van der Waals surface area contributed by atoms with Gasteiger partial charge in [-0.05, 0) is 147 Å². The fraction of sp³-hybridized carbons (Fsp3) is 0.407. The van der Waals surface area contributed by atoms with Gasteiger partial charge in [0, 0.05) is 47.7 Å². The van der Waals surface area contributed by atoms with Crippen LogP contribution in [0.25, 0.3) is 32.6 Å². The Morgan fingerprint density at radius 3 is 1.31 bits per heavy atom. The van der Waals surface area contributed by atoms with Crippen molar-refractivity contribution in [3.63, 3.8) is 0 Å². The standard InChI is InChI=1S/C27H34ClN5O3Si.C25H32ClN5O2Si.C2H3ClO/c1-16-21(14-15-22(29-7)23(16)28)31-24(17(2)36-37(8,9)27(4,5)6)26-33-32-25(35-26)19-10-12-20(13-11-19)30-18(3)34;1-15-19(13-14-20(28-6)21(15)26)29-22(16(2)33-34(7,8)25(3,4)5)24-31-30-23(32-24)17-9-11-18(27)12-10-17;1-2(3)4/h10-15,17,24,31H,1-6,8-9H3,(H,30,34);9-14,16,22,29H,27H2,1-5,7-8H3;1H3/t17-,24+;16-,22+;/m00./s1. The van der Waals surface area contributed by atoms with Crippen molar-refractivity contribution in [1.29, 1.82) is 0 Å². The Balaban J connectivity index is 0.000000304. The van der Waals surface area contributed by atoms with Crippen molar-refractivity contribution < 1.29 is 27.3 Å². The zero-order chi connectivity index (χ0) is 56.4. The molecule has 2 heterocycles. The molecule has 6 aromatic rings. The number of hydrogen-bond donors (Lipinski definition) is 4. The van der Waals surface area contributed by atoms with Crippen molar-refractivity contribution in [2.45, 2.75) is 144 Å². The van der Waals surface area contributed by atoms with Gasteiger partial charge in [-0.2, -0.15) is 0 Å². The highest BCUT2D eigenvalue weighted by Gasteiger charge is 2.42. The van der Waals surface area contributed by atoms with Gasteiger partial charge >= 0.3 is 0 Å². The van der Waals surface area contributed by atoms with E-state index in [9.17, 15) is 9.59 Å². The van der Waals surface area contributed by atoms with Gasteiger partial charge in [-0.3, -0.25) is 9.59 Å². The molecular weight excluding hydrogens is 1050 g/mol. The van der Waals surface area contributed by atoms with E-state index in [1.54, 1.807) is 36.4 Å². The van der Waals surface area contributed by atoms with Gasteiger partial charge in [0.1, 0.15) is 12.1 Å². The topological polar surface area (TPSA) is 201 Å². The van der Waals surface area contributed by atoms with Crippen LogP contribution in [0.2, 0.25) is 46.3 Å². The highest BCUT2D eigenvalue weighted by atomic mass is 35.5. The molecule has 0 aliphatic carbocycles. The van der Waals surface area contributed by atoms with E-state index in [1.807, 2.05) is 64.1 Å². The summed E-state index contributed by atoms with van der Waals surface area (Å²) in [5, 5.41) is 27.5. The molecule has 2 aromatic heterocycles. The molecule has 0 saturated heterocycles. The van der Waals surface area contributed by atoms with E-state index >= 15 is 0 Å². The van der Waals surface area contributed by atoms with E-state index in [4.69, 9.17) is 59.8 Å². The number of nitrogen functional groups attached to an aromatic ring is 1. The number of nitrogens with zero attached hydrogens (tertiary/aromatic N) is 6. The molecular formula is C54H69Cl3N10O6Si2. The number of amides is 1. The Bertz CT molecular complexity index is 3010. The summed E-state index contributed by atoms with van der Waals surface area (Å²) in [6, 6.07) is 20.6. The number of carbonyl (C=O) groups excluding carboxylic acids is 2. The second-order valence-electron chi connectivity index (χ2n) is 21.0. The molecule has 75 heavy (non-hydrogen) atoms. The van der Waals surface area contributed by atoms with Crippen LogP contribution in [0.15, 0.2) is 81.6 Å². The Labute approximate surface area is 458 Å². The third-order valence-electron chi connectivity index (χ3n) is 13.1. The van der Waals surface area contributed by atoms with E-state index in [0.717, 1.165) is 33.6 Å². The lowest BCUT2D eigenvalue weighted by atomic mass is 10.1. The normalized spacial score (nSPS) is 13.3. The lowest BCUT2D eigenvalue weighted by Gasteiger charge is -2.40. The molecule has 1 amide bonds. The van der Waals surface area contributed by atoms with Gasteiger partial charge in [0.2, 0.25) is 46.1 Å². The first-order chi connectivity index (χ1) is 34.8. The predicted octanol–water partition coefficient (Wildman–Crippen LogP) is 15.9. The van der Waals surface area contributed by atoms with Crippen molar-refractivity contribution in [3.05, 3.63) is 129 Å². The molecule has 4 aromatic carbocycles. The third-order valence-corrected chi connectivity index (χ3v) is 23.2. The summed E-state index contributed by atoms with van der Waals surface area (Å²) in [7, 11) is -4.22. The van der Waals surface area contributed by atoms with Crippen molar-refractivity contribution in [2.75, 3.05) is 21.7 Å². The smallest absolute Gasteiger partial charge is 0.247 e. The fourth-order valence-electron chi connectivity index (χ4n) is 6.82. The Hall–Kier alpha value is -6.10. The third kappa shape index (κ3) is 16.4. The lowest BCUT2D eigenvalue weighted by molar-refractivity contribution is -0.114. The number of aromatic nitrogens is 4. The van der Waals surface area contributed by atoms with Crippen LogP contribution >= 0.6 is 34.8 Å². The SMILES string of the molecule is CC(=O)Cl.[C-]#[N+]c1ccc(N[C@@H](c2nnc(-c3ccc(N)cc3)o2)[C@H](C)O[Si](C)(C)C(C)(C)C)c(C)c1Cl.[C-]#[N+]c1ccc(N[C@@H](c2nnc(-c3ccc(NC(C)=O)cc3)o2)[C@H](C)O[Si](C)(C)C(C)(C)C)c(C)c1Cl. The average molecular weight is 1120 g/mol. The summed E-state index contributed by atoms with van der Waals surface area (Å²) in [6.07, 6.45) is -0.589. The molecule has 4 atom stereocenters. The van der Waals surface area contributed by atoms with Crippen molar-refractivity contribution >= 4 is 96.7 Å². The summed E-state index contributed by atoms with van der Waals surface area (Å²) >= 11 is 17.5. The molecule has 5 N–H and O–H groups in total. The molecule has 6 rings (SSSR count). The number of nitrogens with one attached hydrogen (secondary N) is 3. The van der Waals surface area contributed by atoms with E-state index in [-0.39, 0.29) is 33.4 Å². The molecule has 0 aliphatic heterocycles. The van der Waals surface area contributed by atoms with E-state index < -0.39 is 28.7 Å². The Morgan fingerprint density at radius 2 is 0.987 bits per heavy atom. The lowest BCUT2D eigenvalue weighted by Crippen LogP contribution is -2.45. The van der Waals surface area contributed by atoms with Crippen LogP contribution in [0, 0.1) is 27.0 Å². The molecule has 0 saturated carbocycles. The maximum Gasteiger partial charge on any atom is 0.247 e. The minimum Gasteiger partial charge on any atom is -0.418 e. The molecule has 0 fully saturated rings. The molecule has 0 bridgehead atoms. The maximum atomic E-state index is 11.3. The van der Waals surface area contributed by atoms with Crippen LogP contribution in [0.4, 0.5) is 34.1 Å². The summed E-state index contributed by atoms with van der Waals surface area (Å²) in [4.78, 5) is 27.5. The summed E-state index contributed by atoms with van der Waals surface area (Å²) in [6.45, 7) is 47.1. The molecule has 400 valence electrons. The van der Waals surface area contributed by atoms with Crippen LogP contribution in [0.5, 0.6) is 0 Å². The van der Waals surface area contributed by atoms with Crippen LogP contribution in [0.3, 0.4) is 0 Å². The number of hydrogen-bond acceptors (Lipinski definition) is 13. The monoisotopic (exact) mass is 1110 g/mol. The van der Waals surface area contributed by atoms with Crippen molar-refractivity contribution in [1.82, 2.24) is 20.4 Å². The first-order valence-corrected chi connectivity index (χ1v) is 31.0. The molecule has 0 spiro atoms. The maximum absolute atomic E-state index is 11.3. The van der Waals surface area contributed by atoms with Gasteiger partial charge in [0.25, 0.3) is 0 Å². The average Bonchev–Trinajstić information content (AvgIpc) is 4.01. The molecule has 21 heteroatoms. The van der Waals surface area contributed by atoms with Crippen LogP contribution in [0.1, 0.15) is 104 Å². The highest BCUT2D eigenvalue weighted by Crippen LogP contribution is 2.43. The fourth-order valence-corrected chi connectivity index (χ4v) is 10.1. The molecule has 0 aliphatic rings. The zero-order valence-electron chi connectivity index (χ0n) is 45.6. The number of benzene rings is 4. The van der Waals surface area contributed by atoms with Gasteiger partial charge in [0.15, 0.2) is 16.6 Å². The van der Waals surface area contributed by atoms with Crippen LogP contribution in [-0.2, 0) is 18.4 Å².